The summed E-state index contributed by atoms with van der Waals surface area (Å²) in [6.45, 7) is 2.49. The van der Waals surface area contributed by atoms with Crippen LogP contribution in [0.15, 0.2) is 36.4 Å². The number of para-hydroxylation sites is 1. The van der Waals surface area contributed by atoms with Crippen molar-refractivity contribution in [3.8, 4) is 0 Å². The lowest BCUT2D eigenvalue weighted by molar-refractivity contribution is 0.0981. The van der Waals surface area contributed by atoms with Gasteiger partial charge >= 0.3 is 0 Å². The van der Waals surface area contributed by atoms with E-state index in [0.29, 0.717) is 6.54 Å². The minimum atomic E-state index is -0.819. The van der Waals surface area contributed by atoms with Crippen molar-refractivity contribution in [2.45, 2.75) is 19.8 Å². The predicted molar refractivity (Wildman–Crippen MR) is 77.5 cm³/mol. The van der Waals surface area contributed by atoms with Crippen LogP contribution in [0, 0.1) is 18.6 Å². The van der Waals surface area contributed by atoms with E-state index in [1.54, 1.807) is 4.90 Å². The van der Waals surface area contributed by atoms with Crippen molar-refractivity contribution < 1.29 is 13.6 Å². The summed E-state index contributed by atoms with van der Waals surface area (Å²) in [5.74, 6) is -1.91. The van der Waals surface area contributed by atoms with E-state index in [-0.39, 0.29) is 5.56 Å². The van der Waals surface area contributed by atoms with Crippen molar-refractivity contribution >= 4 is 11.6 Å². The van der Waals surface area contributed by atoms with Crippen LogP contribution in [0.2, 0.25) is 0 Å². The summed E-state index contributed by atoms with van der Waals surface area (Å²) in [4.78, 5) is 14.2. The zero-order chi connectivity index (χ0) is 15.0. The normalized spacial score (nSPS) is 14.0. The molecule has 1 aliphatic rings. The standard InChI is InChI=1S/C17H15F2NO/c1-11-4-2-5-12-6-3-9-20(16(11)12)17(21)14-8-7-13(18)10-15(14)19/h2,4-5,7-8,10H,3,6,9H2,1H3. The number of benzene rings is 2. The smallest absolute Gasteiger partial charge is 0.261 e. The molecular weight excluding hydrogens is 272 g/mol. The monoisotopic (exact) mass is 287 g/mol. The highest BCUT2D eigenvalue weighted by Gasteiger charge is 2.26. The molecule has 0 bridgehead atoms. The SMILES string of the molecule is Cc1cccc2c1N(C(=O)c1ccc(F)cc1F)CCC2. The van der Waals surface area contributed by atoms with Crippen molar-refractivity contribution in [3.05, 3.63) is 64.7 Å². The first-order chi connectivity index (χ1) is 10.1. The van der Waals surface area contributed by atoms with Gasteiger partial charge in [-0.25, -0.2) is 8.78 Å². The molecule has 0 atom stereocenters. The quantitative estimate of drug-likeness (QED) is 0.779. The van der Waals surface area contributed by atoms with Crippen molar-refractivity contribution in [3.63, 3.8) is 0 Å². The third-order valence-electron chi connectivity index (χ3n) is 3.83. The van der Waals surface area contributed by atoms with Gasteiger partial charge in [-0.15, -0.1) is 0 Å². The van der Waals surface area contributed by atoms with Crippen molar-refractivity contribution in [1.29, 1.82) is 0 Å². The van der Waals surface area contributed by atoms with Gasteiger partial charge < -0.3 is 4.90 Å². The lowest BCUT2D eigenvalue weighted by atomic mass is 9.97. The van der Waals surface area contributed by atoms with Gasteiger partial charge in [-0.05, 0) is 43.0 Å². The summed E-state index contributed by atoms with van der Waals surface area (Å²) in [6, 6.07) is 8.95. The van der Waals surface area contributed by atoms with E-state index in [9.17, 15) is 13.6 Å². The highest BCUT2D eigenvalue weighted by Crippen LogP contribution is 2.31. The Labute approximate surface area is 122 Å². The maximum absolute atomic E-state index is 13.8. The molecule has 2 aromatic carbocycles. The first kappa shape index (κ1) is 13.7. The van der Waals surface area contributed by atoms with E-state index in [1.165, 1.54) is 6.07 Å². The third-order valence-corrected chi connectivity index (χ3v) is 3.83. The fraction of sp³-hybridized carbons (Fsp3) is 0.235. The molecule has 1 amide bonds. The minimum absolute atomic E-state index is 0.0903. The first-order valence-corrected chi connectivity index (χ1v) is 6.93. The Morgan fingerprint density at radius 2 is 2.00 bits per heavy atom. The second-order valence-electron chi connectivity index (χ2n) is 5.27. The number of anilines is 1. The summed E-state index contributed by atoms with van der Waals surface area (Å²) in [5.41, 5.74) is 2.85. The summed E-state index contributed by atoms with van der Waals surface area (Å²) >= 11 is 0. The summed E-state index contributed by atoms with van der Waals surface area (Å²) in [6.07, 6.45) is 1.75. The molecule has 1 heterocycles. The van der Waals surface area contributed by atoms with E-state index in [0.717, 1.165) is 41.8 Å². The molecule has 0 aliphatic carbocycles. The average Bonchev–Trinajstić information content (AvgIpc) is 2.46. The third kappa shape index (κ3) is 2.42. The fourth-order valence-corrected chi connectivity index (χ4v) is 2.86. The Balaban J connectivity index is 2.04. The van der Waals surface area contributed by atoms with E-state index in [4.69, 9.17) is 0 Å². The summed E-state index contributed by atoms with van der Waals surface area (Å²) < 4.78 is 26.8. The first-order valence-electron chi connectivity index (χ1n) is 6.93. The molecule has 0 aromatic heterocycles. The van der Waals surface area contributed by atoms with E-state index in [1.807, 2.05) is 25.1 Å². The zero-order valence-electron chi connectivity index (χ0n) is 11.7. The number of amides is 1. The van der Waals surface area contributed by atoms with Gasteiger partial charge in [-0.3, -0.25) is 4.79 Å². The molecular formula is C17H15F2NO. The largest absolute Gasteiger partial charge is 0.308 e. The molecule has 0 spiro atoms. The maximum Gasteiger partial charge on any atom is 0.261 e. The molecule has 0 unspecified atom stereocenters. The number of carbonyl (C=O) groups is 1. The number of nitrogens with zero attached hydrogens (tertiary/aromatic N) is 1. The molecule has 3 rings (SSSR count). The summed E-state index contributed by atoms with van der Waals surface area (Å²) in [7, 11) is 0. The van der Waals surface area contributed by atoms with Gasteiger partial charge in [0.2, 0.25) is 0 Å². The van der Waals surface area contributed by atoms with E-state index in [2.05, 4.69) is 0 Å². The average molecular weight is 287 g/mol. The van der Waals surface area contributed by atoms with Crippen LogP contribution in [-0.2, 0) is 6.42 Å². The lowest BCUT2D eigenvalue weighted by Crippen LogP contribution is -2.36. The van der Waals surface area contributed by atoms with Crippen LogP contribution in [-0.4, -0.2) is 12.5 Å². The van der Waals surface area contributed by atoms with Gasteiger partial charge in [0.25, 0.3) is 5.91 Å². The van der Waals surface area contributed by atoms with E-state index >= 15 is 0 Å². The van der Waals surface area contributed by atoms with Crippen LogP contribution in [0.1, 0.15) is 27.9 Å². The molecule has 0 radical (unpaired) electrons. The van der Waals surface area contributed by atoms with Gasteiger partial charge in [0.15, 0.2) is 0 Å². The van der Waals surface area contributed by atoms with Gasteiger partial charge in [0, 0.05) is 12.6 Å². The molecule has 2 nitrogen and oxygen atoms in total. The lowest BCUT2D eigenvalue weighted by Gasteiger charge is -2.31. The molecule has 21 heavy (non-hydrogen) atoms. The molecule has 1 aliphatic heterocycles. The van der Waals surface area contributed by atoms with Gasteiger partial charge in [-0.1, -0.05) is 18.2 Å². The molecule has 0 saturated heterocycles. The number of carbonyl (C=O) groups excluding carboxylic acids is 1. The van der Waals surface area contributed by atoms with E-state index < -0.39 is 17.5 Å². The molecule has 0 N–H and O–H groups in total. The molecule has 0 saturated carbocycles. The Morgan fingerprint density at radius 1 is 1.19 bits per heavy atom. The van der Waals surface area contributed by atoms with Crippen LogP contribution >= 0.6 is 0 Å². The van der Waals surface area contributed by atoms with Gasteiger partial charge in [-0.2, -0.15) is 0 Å². The summed E-state index contributed by atoms with van der Waals surface area (Å²) in [5, 5.41) is 0. The number of hydrogen-bond donors (Lipinski definition) is 0. The fourth-order valence-electron chi connectivity index (χ4n) is 2.86. The number of rotatable bonds is 1. The molecule has 4 heteroatoms. The molecule has 0 fully saturated rings. The van der Waals surface area contributed by atoms with Crippen molar-refractivity contribution in [2.75, 3.05) is 11.4 Å². The topological polar surface area (TPSA) is 20.3 Å². The van der Waals surface area contributed by atoms with Crippen LogP contribution in [0.4, 0.5) is 14.5 Å². The van der Waals surface area contributed by atoms with Crippen LogP contribution < -0.4 is 4.90 Å². The molecule has 108 valence electrons. The Bertz CT molecular complexity index is 712. The van der Waals surface area contributed by atoms with Crippen LogP contribution in [0.5, 0.6) is 0 Å². The highest BCUT2D eigenvalue weighted by atomic mass is 19.1. The van der Waals surface area contributed by atoms with Gasteiger partial charge in [0.05, 0.1) is 11.3 Å². The zero-order valence-corrected chi connectivity index (χ0v) is 11.7. The predicted octanol–water partition coefficient (Wildman–Crippen LogP) is 3.87. The van der Waals surface area contributed by atoms with Crippen molar-refractivity contribution in [2.24, 2.45) is 0 Å². The minimum Gasteiger partial charge on any atom is -0.308 e. The van der Waals surface area contributed by atoms with Crippen molar-refractivity contribution in [1.82, 2.24) is 0 Å². The van der Waals surface area contributed by atoms with Crippen LogP contribution in [0.3, 0.4) is 0 Å². The maximum atomic E-state index is 13.8. The molecule has 2 aromatic rings. The Morgan fingerprint density at radius 3 is 2.76 bits per heavy atom. The van der Waals surface area contributed by atoms with Gasteiger partial charge in [0.1, 0.15) is 11.6 Å². The number of halogens is 2. The second-order valence-corrected chi connectivity index (χ2v) is 5.27. The highest BCUT2D eigenvalue weighted by molar-refractivity contribution is 6.07. The Kier molecular flexibility index (Phi) is 3.45. The van der Waals surface area contributed by atoms with Crippen LogP contribution in [0.25, 0.3) is 0 Å². The number of hydrogen-bond acceptors (Lipinski definition) is 1. The Hall–Kier alpha value is -2.23. The number of aryl methyl sites for hydroxylation is 2. The second kappa shape index (κ2) is 5.28. The number of fused-ring (bicyclic) bond motifs is 1.